The molecule has 0 fully saturated rings. The number of rotatable bonds is 5. The van der Waals surface area contributed by atoms with E-state index in [0.717, 1.165) is 41.4 Å². The van der Waals surface area contributed by atoms with E-state index in [9.17, 15) is 12.8 Å². The molecule has 1 aromatic carbocycles. The molecule has 1 aliphatic carbocycles. The molecule has 1 aromatic heterocycles. The number of aromatic amines is 1. The van der Waals surface area contributed by atoms with Gasteiger partial charge in [0.15, 0.2) is 0 Å². The number of aromatic nitrogens is 1. The zero-order valence-electron chi connectivity index (χ0n) is 12.7. The largest absolute Gasteiger partial charge is 0.358 e. The minimum Gasteiger partial charge on any atom is -0.358 e. The number of halogens is 1. The number of fused-ring (bicyclic) bond motifs is 3. The van der Waals surface area contributed by atoms with Crippen LogP contribution in [0.2, 0.25) is 0 Å². The first-order valence-corrected chi connectivity index (χ1v) is 9.42. The second-order valence-corrected chi connectivity index (χ2v) is 7.88. The third kappa shape index (κ3) is 3.17. The van der Waals surface area contributed by atoms with Crippen molar-refractivity contribution in [2.24, 2.45) is 0 Å². The fraction of sp³-hybridized carbons (Fsp3) is 0.500. The van der Waals surface area contributed by atoms with Crippen molar-refractivity contribution >= 4 is 20.9 Å². The van der Waals surface area contributed by atoms with Gasteiger partial charge < -0.3 is 4.98 Å². The van der Waals surface area contributed by atoms with Crippen LogP contribution in [0.5, 0.6) is 0 Å². The van der Waals surface area contributed by atoms with Crippen LogP contribution >= 0.6 is 0 Å². The number of sulfonamides is 1. The summed E-state index contributed by atoms with van der Waals surface area (Å²) in [5.41, 5.74) is 3.01. The number of hydrogen-bond donors (Lipinski definition) is 2. The van der Waals surface area contributed by atoms with Gasteiger partial charge in [0.2, 0.25) is 10.0 Å². The van der Waals surface area contributed by atoms with Crippen LogP contribution < -0.4 is 4.72 Å². The van der Waals surface area contributed by atoms with E-state index in [1.807, 2.05) is 6.92 Å². The highest BCUT2D eigenvalue weighted by Gasteiger charge is 2.25. The molecule has 1 heterocycles. The molecule has 0 saturated heterocycles. The first-order chi connectivity index (χ1) is 10.5. The van der Waals surface area contributed by atoms with Crippen molar-refractivity contribution in [3.63, 3.8) is 0 Å². The van der Waals surface area contributed by atoms with Crippen molar-refractivity contribution in [1.29, 1.82) is 0 Å². The molecule has 0 bridgehead atoms. The summed E-state index contributed by atoms with van der Waals surface area (Å²) in [5, 5.41) is 0.994. The van der Waals surface area contributed by atoms with Gasteiger partial charge in [0.25, 0.3) is 0 Å². The highest BCUT2D eigenvalue weighted by Crippen LogP contribution is 2.29. The summed E-state index contributed by atoms with van der Waals surface area (Å²) >= 11 is 0. The van der Waals surface area contributed by atoms with E-state index in [0.29, 0.717) is 12.8 Å². The number of benzene rings is 1. The number of hydrogen-bond acceptors (Lipinski definition) is 2. The summed E-state index contributed by atoms with van der Waals surface area (Å²) in [7, 11) is -3.21. The molecule has 3 rings (SSSR count). The topological polar surface area (TPSA) is 62.0 Å². The highest BCUT2D eigenvalue weighted by molar-refractivity contribution is 7.89. The molecule has 4 nitrogen and oxygen atoms in total. The molecule has 1 aliphatic rings. The molecule has 6 heteroatoms. The van der Waals surface area contributed by atoms with Gasteiger partial charge in [0.1, 0.15) is 5.82 Å². The van der Waals surface area contributed by atoms with E-state index < -0.39 is 10.0 Å². The Morgan fingerprint density at radius 1 is 1.41 bits per heavy atom. The summed E-state index contributed by atoms with van der Waals surface area (Å²) in [4.78, 5) is 3.26. The molecule has 1 unspecified atom stereocenters. The lowest BCUT2D eigenvalue weighted by molar-refractivity contribution is 0.505. The van der Waals surface area contributed by atoms with E-state index in [2.05, 4.69) is 9.71 Å². The van der Waals surface area contributed by atoms with Gasteiger partial charge in [-0.2, -0.15) is 0 Å². The molecule has 2 aromatic rings. The third-order valence-corrected chi connectivity index (χ3v) is 5.78. The molecule has 120 valence electrons. The van der Waals surface area contributed by atoms with Crippen LogP contribution in [0.15, 0.2) is 18.2 Å². The number of nitrogens with one attached hydrogen (secondary N) is 2. The Kier molecular flexibility index (Phi) is 4.23. The maximum absolute atomic E-state index is 13.3. The SMILES string of the molecule is CCCCS(=O)(=O)NC1CCc2[nH]c3cc(F)ccc3c2C1. The van der Waals surface area contributed by atoms with Crippen molar-refractivity contribution in [3.05, 3.63) is 35.3 Å². The summed E-state index contributed by atoms with van der Waals surface area (Å²) in [6.45, 7) is 1.98. The molecular weight excluding hydrogens is 303 g/mol. The van der Waals surface area contributed by atoms with Gasteiger partial charge in [-0.3, -0.25) is 0 Å². The van der Waals surface area contributed by atoms with Crippen molar-refractivity contribution in [3.8, 4) is 0 Å². The maximum atomic E-state index is 13.3. The Morgan fingerprint density at radius 3 is 3.00 bits per heavy atom. The molecular formula is C16H21FN2O2S. The predicted molar refractivity (Wildman–Crippen MR) is 85.9 cm³/mol. The van der Waals surface area contributed by atoms with E-state index in [4.69, 9.17) is 0 Å². The second-order valence-electron chi connectivity index (χ2n) is 6.00. The van der Waals surface area contributed by atoms with Crippen LogP contribution in [-0.4, -0.2) is 25.2 Å². The van der Waals surface area contributed by atoms with Crippen LogP contribution in [0.25, 0.3) is 10.9 Å². The fourth-order valence-electron chi connectivity index (χ4n) is 3.14. The molecule has 0 radical (unpaired) electrons. The Bertz CT molecular complexity index is 783. The molecule has 1 atom stereocenters. The Hall–Kier alpha value is -1.40. The third-order valence-electron chi connectivity index (χ3n) is 4.26. The molecule has 22 heavy (non-hydrogen) atoms. The number of unbranched alkanes of at least 4 members (excludes halogenated alkanes) is 1. The van der Waals surface area contributed by atoms with E-state index in [-0.39, 0.29) is 17.6 Å². The van der Waals surface area contributed by atoms with E-state index in [1.54, 1.807) is 6.07 Å². The summed E-state index contributed by atoms with van der Waals surface area (Å²) in [6, 6.07) is 4.64. The Labute approximate surface area is 130 Å². The molecule has 0 spiro atoms. The lowest BCUT2D eigenvalue weighted by atomic mass is 9.92. The van der Waals surface area contributed by atoms with Crippen LogP contribution in [0.1, 0.15) is 37.4 Å². The Balaban J connectivity index is 1.80. The van der Waals surface area contributed by atoms with Gasteiger partial charge in [0.05, 0.1) is 5.75 Å². The Morgan fingerprint density at radius 2 is 2.23 bits per heavy atom. The molecule has 0 aliphatic heterocycles. The molecule has 0 saturated carbocycles. The van der Waals surface area contributed by atoms with E-state index >= 15 is 0 Å². The van der Waals surface area contributed by atoms with Crippen LogP contribution in [-0.2, 0) is 22.9 Å². The van der Waals surface area contributed by atoms with Gasteiger partial charge in [-0.05, 0) is 49.4 Å². The van der Waals surface area contributed by atoms with Gasteiger partial charge in [-0.1, -0.05) is 13.3 Å². The van der Waals surface area contributed by atoms with E-state index in [1.165, 1.54) is 12.1 Å². The average molecular weight is 324 g/mol. The standard InChI is InChI=1S/C16H21FN2O2S/c1-2-3-8-22(20,21)19-12-5-7-15-14(10-12)13-6-4-11(17)9-16(13)18-15/h4,6,9,12,18-19H,2-3,5,7-8,10H2,1H3. The van der Waals surface area contributed by atoms with Gasteiger partial charge >= 0.3 is 0 Å². The zero-order chi connectivity index (χ0) is 15.7. The number of aryl methyl sites for hydroxylation is 1. The molecule has 0 amide bonds. The van der Waals surface area contributed by atoms with Crippen LogP contribution in [0.4, 0.5) is 4.39 Å². The summed E-state index contributed by atoms with van der Waals surface area (Å²) in [5.74, 6) is -0.0747. The summed E-state index contributed by atoms with van der Waals surface area (Å²) in [6.07, 6.45) is 3.76. The van der Waals surface area contributed by atoms with Crippen molar-refractivity contribution in [2.75, 3.05) is 5.75 Å². The monoisotopic (exact) mass is 324 g/mol. The van der Waals surface area contributed by atoms with Crippen LogP contribution in [0.3, 0.4) is 0 Å². The van der Waals surface area contributed by atoms with Gasteiger partial charge in [0, 0.05) is 22.6 Å². The first-order valence-electron chi connectivity index (χ1n) is 7.77. The quantitative estimate of drug-likeness (QED) is 0.888. The molecule has 2 N–H and O–H groups in total. The normalized spacial score (nSPS) is 18.5. The minimum absolute atomic E-state index is 0.0709. The van der Waals surface area contributed by atoms with Gasteiger partial charge in [-0.25, -0.2) is 17.5 Å². The van der Waals surface area contributed by atoms with Crippen molar-refractivity contribution < 1.29 is 12.8 Å². The first kappa shape index (κ1) is 15.5. The lowest BCUT2D eigenvalue weighted by Crippen LogP contribution is -2.39. The zero-order valence-corrected chi connectivity index (χ0v) is 13.5. The fourth-order valence-corrected chi connectivity index (χ4v) is 4.64. The smallest absolute Gasteiger partial charge is 0.211 e. The lowest BCUT2D eigenvalue weighted by Gasteiger charge is -2.23. The minimum atomic E-state index is -3.21. The van der Waals surface area contributed by atoms with Crippen molar-refractivity contribution in [2.45, 2.75) is 45.1 Å². The van der Waals surface area contributed by atoms with Crippen molar-refractivity contribution in [1.82, 2.24) is 9.71 Å². The second kappa shape index (κ2) is 6.01. The summed E-state index contributed by atoms with van der Waals surface area (Å²) < 4.78 is 40.2. The van der Waals surface area contributed by atoms with Crippen LogP contribution in [0, 0.1) is 5.82 Å². The average Bonchev–Trinajstić information content (AvgIpc) is 2.81. The highest BCUT2D eigenvalue weighted by atomic mass is 32.2. The maximum Gasteiger partial charge on any atom is 0.211 e. The number of H-pyrrole nitrogens is 1. The van der Waals surface area contributed by atoms with Gasteiger partial charge in [-0.15, -0.1) is 0 Å². The predicted octanol–water partition coefficient (Wildman–Crippen LogP) is 2.88.